The molecule has 0 radical (unpaired) electrons. The largest absolute Gasteiger partial charge is 0.329 e. The first-order valence-electron chi connectivity index (χ1n) is 1.70. The fourth-order valence-corrected chi connectivity index (χ4v) is 0.402. The molecule has 0 amide bonds. The quantitative estimate of drug-likeness (QED) is 0.506. The van der Waals surface area contributed by atoms with Crippen molar-refractivity contribution in [1.29, 1.82) is 0 Å². The lowest BCUT2D eigenvalue weighted by Gasteiger charge is -1.77. The number of halogens is 1. The van der Waals surface area contributed by atoms with Crippen molar-refractivity contribution in [3.8, 4) is 0 Å². The second-order valence-electron chi connectivity index (χ2n) is 0.792. The molecule has 0 aliphatic rings. The highest BCUT2D eigenvalue weighted by Crippen LogP contribution is 1.69. The summed E-state index contributed by atoms with van der Waals surface area (Å²) in [5.74, 6) is 0. The van der Waals surface area contributed by atoms with Gasteiger partial charge >= 0.3 is 0 Å². The Morgan fingerprint density at radius 1 is 1.83 bits per heavy atom. The van der Waals surface area contributed by atoms with E-state index in [1.165, 1.54) is 0 Å². The van der Waals surface area contributed by atoms with Crippen LogP contribution in [-0.2, 0) is 0 Å². The fourth-order valence-electron chi connectivity index (χ4n) is 0.123. The van der Waals surface area contributed by atoms with Crippen LogP contribution < -0.4 is 5.73 Å². The van der Waals surface area contributed by atoms with E-state index in [1.54, 1.807) is 4.22 Å². The van der Waals surface area contributed by atoms with Gasteiger partial charge in [-0.2, -0.15) is 0 Å². The van der Waals surface area contributed by atoms with Gasteiger partial charge in [0.25, 0.3) is 0 Å². The molecule has 6 heavy (non-hydrogen) atoms. The predicted octanol–water partition coefficient (Wildman–Crippen LogP) is 0.408. The van der Waals surface area contributed by atoms with E-state index in [0.717, 1.165) is 6.54 Å². The van der Waals surface area contributed by atoms with Gasteiger partial charge in [0.2, 0.25) is 0 Å². The molecule has 3 heteroatoms. The third-order valence-electron chi connectivity index (χ3n) is 0.327. The number of rotatable bonds is 2. The van der Waals surface area contributed by atoms with Crippen LogP contribution in [0.25, 0.3) is 0 Å². The van der Waals surface area contributed by atoms with Crippen LogP contribution in [0.4, 0.5) is 0 Å². The van der Waals surface area contributed by atoms with Crippen molar-refractivity contribution < 1.29 is 0 Å². The summed E-state index contributed by atoms with van der Waals surface area (Å²) in [6, 6.07) is 0. The Morgan fingerprint density at radius 2 is 2.50 bits per heavy atom. The number of nitrogens with zero attached hydrogens (tertiary/aromatic N) is 1. The van der Waals surface area contributed by atoms with Gasteiger partial charge in [-0.15, -0.1) is 0 Å². The summed E-state index contributed by atoms with van der Waals surface area (Å²) in [7, 11) is 0. The maximum Gasteiger partial charge on any atom is 0.0596 e. The average molecular weight is 198 g/mol. The smallest absolute Gasteiger partial charge is 0.0596 e. The zero-order valence-corrected chi connectivity index (χ0v) is 5.55. The van der Waals surface area contributed by atoms with E-state index in [0.29, 0.717) is 6.54 Å². The maximum atomic E-state index is 5.10. The van der Waals surface area contributed by atoms with Gasteiger partial charge in [0.05, 0.1) is 10.8 Å². The Morgan fingerprint density at radius 3 is 2.67 bits per heavy atom. The third-order valence-corrected chi connectivity index (χ3v) is 0.721. The van der Waals surface area contributed by atoms with E-state index in [-0.39, 0.29) is 0 Å². The molecule has 0 rings (SSSR count). The Bertz CT molecular complexity index is 44.1. The molecule has 0 atom stereocenters. The lowest BCUT2D eigenvalue weighted by atomic mass is 10.7. The topological polar surface area (TPSA) is 38.4 Å². The lowest BCUT2D eigenvalue weighted by Crippen LogP contribution is -2.01. The SMILES string of the molecule is NCC/N=C/I. The molecule has 0 aliphatic carbocycles. The van der Waals surface area contributed by atoms with Crippen LogP contribution in [-0.4, -0.2) is 17.3 Å². The molecule has 0 unspecified atom stereocenters. The van der Waals surface area contributed by atoms with Crippen molar-refractivity contribution in [2.75, 3.05) is 13.1 Å². The minimum atomic E-state index is 0.652. The summed E-state index contributed by atoms with van der Waals surface area (Å²) in [5, 5.41) is 0. The van der Waals surface area contributed by atoms with Gasteiger partial charge in [0, 0.05) is 6.54 Å². The fraction of sp³-hybridized carbons (Fsp3) is 0.667. The summed E-state index contributed by atoms with van der Waals surface area (Å²) in [4.78, 5) is 3.83. The molecule has 0 saturated heterocycles. The van der Waals surface area contributed by atoms with E-state index in [4.69, 9.17) is 5.73 Å². The summed E-state index contributed by atoms with van der Waals surface area (Å²) >= 11 is 2.06. The minimum Gasteiger partial charge on any atom is -0.329 e. The van der Waals surface area contributed by atoms with Crippen molar-refractivity contribution in [2.24, 2.45) is 10.7 Å². The van der Waals surface area contributed by atoms with E-state index in [9.17, 15) is 0 Å². The second kappa shape index (κ2) is 5.36. The number of hydrogen-bond acceptors (Lipinski definition) is 2. The highest BCUT2D eigenvalue weighted by molar-refractivity contribution is 14.1. The van der Waals surface area contributed by atoms with Crippen molar-refractivity contribution >= 4 is 26.8 Å². The van der Waals surface area contributed by atoms with E-state index in [1.807, 2.05) is 0 Å². The molecule has 0 aromatic carbocycles. The van der Waals surface area contributed by atoms with Crippen LogP contribution in [0, 0.1) is 0 Å². The Balaban J connectivity index is 2.66. The predicted molar refractivity (Wildman–Crippen MR) is 36.4 cm³/mol. The van der Waals surface area contributed by atoms with Crippen molar-refractivity contribution in [1.82, 2.24) is 0 Å². The zero-order chi connectivity index (χ0) is 4.83. The normalized spacial score (nSPS) is 10.3. The molecular formula is C3H7IN2. The van der Waals surface area contributed by atoms with Crippen molar-refractivity contribution in [2.45, 2.75) is 0 Å². The first-order chi connectivity index (χ1) is 2.91. The van der Waals surface area contributed by atoms with Crippen LogP contribution in [0.1, 0.15) is 0 Å². The highest BCUT2D eigenvalue weighted by atomic mass is 127. The Labute approximate surface area is 51.0 Å². The van der Waals surface area contributed by atoms with Crippen LogP contribution in [0.2, 0.25) is 0 Å². The summed E-state index contributed by atoms with van der Waals surface area (Å²) in [5.41, 5.74) is 5.10. The highest BCUT2D eigenvalue weighted by Gasteiger charge is 1.65. The number of aliphatic imine (C=N–C) groups is 1. The molecule has 0 fully saturated rings. The zero-order valence-electron chi connectivity index (χ0n) is 3.39. The second-order valence-corrected chi connectivity index (χ2v) is 1.35. The Hall–Kier alpha value is 0.360. The van der Waals surface area contributed by atoms with Crippen molar-refractivity contribution in [3.05, 3.63) is 0 Å². The summed E-state index contributed by atoms with van der Waals surface area (Å²) < 4.78 is 1.73. The first kappa shape index (κ1) is 6.36. The molecule has 0 aromatic rings. The molecule has 36 valence electrons. The third kappa shape index (κ3) is 4.36. The molecule has 2 nitrogen and oxygen atoms in total. The first-order valence-corrected chi connectivity index (χ1v) is 2.95. The number of nitrogens with two attached hydrogens (primary N) is 1. The van der Waals surface area contributed by atoms with Crippen LogP contribution in [0.15, 0.2) is 4.99 Å². The van der Waals surface area contributed by atoms with E-state index in [2.05, 4.69) is 27.6 Å². The van der Waals surface area contributed by atoms with Crippen molar-refractivity contribution in [3.63, 3.8) is 0 Å². The molecule has 0 spiro atoms. The number of hydrogen-bond donors (Lipinski definition) is 1. The Kier molecular flexibility index (Phi) is 5.68. The molecule has 0 saturated carbocycles. The maximum absolute atomic E-state index is 5.10. The summed E-state index contributed by atoms with van der Waals surface area (Å²) in [6.07, 6.45) is 0. The van der Waals surface area contributed by atoms with Gasteiger partial charge in [0.15, 0.2) is 0 Å². The van der Waals surface area contributed by atoms with Crippen LogP contribution >= 0.6 is 22.6 Å². The lowest BCUT2D eigenvalue weighted by molar-refractivity contribution is 0.983. The van der Waals surface area contributed by atoms with Gasteiger partial charge in [-0.3, -0.25) is 4.99 Å². The van der Waals surface area contributed by atoms with Crippen LogP contribution in [0.5, 0.6) is 0 Å². The molecule has 0 aromatic heterocycles. The van der Waals surface area contributed by atoms with Gasteiger partial charge in [-0.1, -0.05) is 0 Å². The molecular weight excluding hydrogens is 191 g/mol. The molecule has 2 N–H and O–H groups in total. The average Bonchev–Trinajstić information content (AvgIpc) is 1.61. The van der Waals surface area contributed by atoms with Crippen LogP contribution in [0.3, 0.4) is 0 Å². The minimum absolute atomic E-state index is 0.652. The monoisotopic (exact) mass is 198 g/mol. The van der Waals surface area contributed by atoms with E-state index >= 15 is 0 Å². The summed E-state index contributed by atoms with van der Waals surface area (Å²) in [6.45, 7) is 1.41. The van der Waals surface area contributed by atoms with E-state index < -0.39 is 0 Å². The standard InChI is InChI=1S/C3H7IN2/c4-3-6-2-1-5/h3H,1-2,5H2/b6-3+. The van der Waals surface area contributed by atoms with Gasteiger partial charge in [-0.25, -0.2) is 0 Å². The van der Waals surface area contributed by atoms with Gasteiger partial charge in [-0.05, 0) is 22.6 Å². The van der Waals surface area contributed by atoms with Gasteiger partial charge in [0.1, 0.15) is 0 Å². The molecule has 0 aliphatic heterocycles. The molecule has 0 bridgehead atoms. The van der Waals surface area contributed by atoms with Gasteiger partial charge < -0.3 is 5.73 Å². The molecule has 0 heterocycles.